The smallest absolute Gasteiger partial charge is 0.330 e. The Bertz CT molecular complexity index is 451. The highest BCUT2D eigenvalue weighted by Crippen LogP contribution is 2.39. The van der Waals surface area contributed by atoms with Gasteiger partial charge in [0.2, 0.25) is 11.8 Å². The first-order valence-corrected chi connectivity index (χ1v) is 7.15. The zero-order valence-electron chi connectivity index (χ0n) is 10.6. The molecule has 2 rings (SSSR count). The van der Waals surface area contributed by atoms with Crippen molar-refractivity contribution in [3.05, 3.63) is 12.2 Å². The van der Waals surface area contributed by atoms with Gasteiger partial charge in [-0.1, -0.05) is 13.5 Å². The van der Waals surface area contributed by atoms with Gasteiger partial charge in [0.25, 0.3) is 0 Å². The van der Waals surface area contributed by atoms with Gasteiger partial charge in [-0.25, -0.2) is 4.79 Å². The number of carbonyl (C=O) groups excluding carboxylic acids is 2. The molecule has 0 aromatic heterocycles. The lowest BCUT2D eigenvalue weighted by molar-refractivity contribution is -0.160. The maximum Gasteiger partial charge on any atom is 0.330 e. The van der Waals surface area contributed by atoms with E-state index in [1.807, 2.05) is 6.92 Å². The van der Waals surface area contributed by atoms with Gasteiger partial charge in [0, 0.05) is 12.2 Å². The van der Waals surface area contributed by atoms with E-state index in [1.54, 1.807) is 0 Å². The average molecular weight is 284 g/mol. The number of amides is 2. The summed E-state index contributed by atoms with van der Waals surface area (Å²) in [5.41, 5.74) is 0.514. The normalized spacial score (nSPS) is 29.5. The molecule has 0 radical (unpaired) electrons. The van der Waals surface area contributed by atoms with Gasteiger partial charge in [-0.2, -0.15) is 0 Å². The van der Waals surface area contributed by atoms with Gasteiger partial charge >= 0.3 is 5.97 Å². The van der Waals surface area contributed by atoms with Crippen molar-refractivity contribution in [2.24, 2.45) is 0 Å². The van der Waals surface area contributed by atoms with Crippen LogP contribution in [0.4, 0.5) is 0 Å². The number of rotatable bonds is 4. The van der Waals surface area contributed by atoms with Gasteiger partial charge in [-0.15, -0.1) is 11.8 Å². The molecule has 2 fully saturated rings. The van der Waals surface area contributed by atoms with Crippen LogP contribution in [-0.4, -0.2) is 51.0 Å². The van der Waals surface area contributed by atoms with E-state index in [2.05, 4.69) is 11.9 Å². The Labute approximate surface area is 115 Å². The standard InChI is InChI=1S/C12H16N2O4S/c1-3-4-7(15)13-8-10(16)14-9(12(17)18)6(2)5-19-11(8)14/h8-9,11H,2-5H2,1H3,(H,13,15)(H,17,18)/t8?,9?,11-/m0/s1. The topological polar surface area (TPSA) is 86.7 Å². The SMILES string of the molecule is C=C1CS[C@H]2C(NC(=O)CCC)C(=O)N2C1C(=O)O. The first-order valence-electron chi connectivity index (χ1n) is 6.11. The van der Waals surface area contributed by atoms with Crippen LogP contribution in [-0.2, 0) is 14.4 Å². The number of aliphatic carboxylic acids is 1. The largest absolute Gasteiger partial charge is 0.479 e. The van der Waals surface area contributed by atoms with Gasteiger partial charge in [0.15, 0.2) is 6.04 Å². The van der Waals surface area contributed by atoms with Gasteiger partial charge in [-0.3, -0.25) is 9.59 Å². The number of carboxylic acids is 1. The zero-order chi connectivity index (χ0) is 14.2. The Morgan fingerprint density at radius 1 is 1.58 bits per heavy atom. The second-order valence-corrected chi connectivity index (χ2v) is 5.75. The quantitative estimate of drug-likeness (QED) is 0.569. The Balaban J connectivity index is 2.07. The molecule has 2 heterocycles. The highest BCUT2D eigenvalue weighted by Gasteiger charge is 2.56. The van der Waals surface area contributed by atoms with E-state index in [4.69, 9.17) is 5.11 Å². The van der Waals surface area contributed by atoms with Crippen molar-refractivity contribution in [1.82, 2.24) is 10.2 Å². The summed E-state index contributed by atoms with van der Waals surface area (Å²) in [5.74, 6) is -1.08. The van der Waals surface area contributed by atoms with Crippen LogP contribution >= 0.6 is 11.8 Å². The summed E-state index contributed by atoms with van der Waals surface area (Å²) in [7, 11) is 0. The first-order chi connectivity index (χ1) is 8.97. The number of carbonyl (C=O) groups is 3. The van der Waals surface area contributed by atoms with Crippen molar-refractivity contribution in [2.75, 3.05) is 5.75 Å². The van der Waals surface area contributed by atoms with Gasteiger partial charge in [0.05, 0.1) is 0 Å². The minimum atomic E-state index is -1.07. The van der Waals surface area contributed by atoms with Gasteiger partial charge in [-0.05, 0) is 12.0 Å². The molecule has 3 atom stereocenters. The summed E-state index contributed by atoms with van der Waals surface area (Å²) in [6.07, 6.45) is 1.08. The van der Waals surface area contributed by atoms with Crippen LogP contribution in [0.3, 0.4) is 0 Å². The molecule has 2 saturated heterocycles. The number of β-lactam (4-membered cyclic amide) rings is 1. The molecule has 104 valence electrons. The van der Waals surface area contributed by atoms with Gasteiger partial charge < -0.3 is 15.3 Å². The van der Waals surface area contributed by atoms with E-state index < -0.39 is 18.1 Å². The lowest BCUT2D eigenvalue weighted by Crippen LogP contribution is -2.74. The summed E-state index contributed by atoms with van der Waals surface area (Å²) >= 11 is 1.44. The van der Waals surface area contributed by atoms with Crippen LogP contribution in [0.1, 0.15) is 19.8 Å². The minimum Gasteiger partial charge on any atom is -0.479 e. The third kappa shape index (κ3) is 2.34. The Morgan fingerprint density at radius 3 is 2.84 bits per heavy atom. The molecule has 2 N–H and O–H groups in total. The van der Waals surface area contributed by atoms with Crippen LogP contribution < -0.4 is 5.32 Å². The Morgan fingerprint density at radius 2 is 2.26 bits per heavy atom. The fourth-order valence-corrected chi connectivity index (χ4v) is 3.61. The van der Waals surface area contributed by atoms with Crippen molar-refractivity contribution >= 4 is 29.5 Å². The van der Waals surface area contributed by atoms with Crippen molar-refractivity contribution in [2.45, 2.75) is 37.2 Å². The molecule has 7 heteroatoms. The number of fused-ring (bicyclic) bond motifs is 1. The molecule has 2 aliphatic rings. The predicted octanol–water partition coefficient (Wildman–Crippen LogP) is 0.196. The van der Waals surface area contributed by atoms with Crippen LogP contribution in [0.25, 0.3) is 0 Å². The molecule has 6 nitrogen and oxygen atoms in total. The summed E-state index contributed by atoms with van der Waals surface area (Å²) in [4.78, 5) is 36.0. The summed E-state index contributed by atoms with van der Waals surface area (Å²) < 4.78 is 0. The lowest BCUT2D eigenvalue weighted by atomic mass is 9.98. The fourth-order valence-electron chi connectivity index (χ4n) is 2.30. The van der Waals surface area contributed by atoms with Crippen LogP contribution in [0.2, 0.25) is 0 Å². The molecule has 0 aliphatic carbocycles. The second kappa shape index (κ2) is 5.24. The molecule has 2 aliphatic heterocycles. The molecule has 0 aromatic rings. The van der Waals surface area contributed by atoms with Crippen LogP contribution in [0.5, 0.6) is 0 Å². The lowest BCUT2D eigenvalue weighted by Gasteiger charge is -2.52. The van der Waals surface area contributed by atoms with E-state index in [0.29, 0.717) is 24.2 Å². The monoisotopic (exact) mass is 284 g/mol. The molecule has 0 bridgehead atoms. The number of hydrogen-bond acceptors (Lipinski definition) is 4. The minimum absolute atomic E-state index is 0.169. The molecular formula is C12H16N2O4S. The van der Waals surface area contributed by atoms with E-state index >= 15 is 0 Å². The zero-order valence-corrected chi connectivity index (χ0v) is 11.4. The van der Waals surface area contributed by atoms with Crippen molar-refractivity contribution in [3.8, 4) is 0 Å². The number of hydrogen-bond donors (Lipinski definition) is 2. The third-order valence-corrected chi connectivity index (χ3v) is 4.59. The molecule has 2 unspecified atom stereocenters. The summed E-state index contributed by atoms with van der Waals surface area (Å²) in [6.45, 7) is 5.59. The second-order valence-electron chi connectivity index (χ2n) is 4.64. The molecule has 19 heavy (non-hydrogen) atoms. The predicted molar refractivity (Wildman–Crippen MR) is 70.5 cm³/mol. The van der Waals surface area contributed by atoms with E-state index in [-0.39, 0.29) is 17.2 Å². The maximum absolute atomic E-state index is 12.0. The number of thioether (sulfide) groups is 1. The van der Waals surface area contributed by atoms with Crippen molar-refractivity contribution in [3.63, 3.8) is 0 Å². The number of nitrogens with one attached hydrogen (secondary N) is 1. The Hall–Kier alpha value is -1.50. The van der Waals surface area contributed by atoms with Crippen LogP contribution in [0.15, 0.2) is 12.2 Å². The molecule has 0 saturated carbocycles. The Kier molecular flexibility index (Phi) is 3.84. The molecule has 0 spiro atoms. The summed E-state index contributed by atoms with van der Waals surface area (Å²) in [6, 6.07) is -1.56. The first kappa shape index (κ1) is 13.9. The van der Waals surface area contributed by atoms with E-state index in [9.17, 15) is 14.4 Å². The third-order valence-electron chi connectivity index (χ3n) is 3.21. The van der Waals surface area contributed by atoms with Crippen molar-refractivity contribution < 1.29 is 19.5 Å². The maximum atomic E-state index is 12.0. The fraction of sp³-hybridized carbons (Fsp3) is 0.583. The highest BCUT2D eigenvalue weighted by atomic mass is 32.2. The van der Waals surface area contributed by atoms with Gasteiger partial charge in [0.1, 0.15) is 11.4 Å². The summed E-state index contributed by atoms with van der Waals surface area (Å²) in [5, 5.41) is 11.5. The number of nitrogens with zero attached hydrogens (tertiary/aromatic N) is 1. The molecule has 2 amide bonds. The number of carboxylic acid groups (broad SMARTS) is 1. The average Bonchev–Trinajstić information content (AvgIpc) is 2.35. The van der Waals surface area contributed by atoms with Crippen LogP contribution in [0, 0.1) is 0 Å². The highest BCUT2D eigenvalue weighted by molar-refractivity contribution is 8.00. The molecule has 0 aromatic carbocycles. The van der Waals surface area contributed by atoms with E-state index in [0.717, 1.165) is 0 Å². The van der Waals surface area contributed by atoms with Crippen molar-refractivity contribution in [1.29, 1.82) is 0 Å². The molecular weight excluding hydrogens is 268 g/mol. The van der Waals surface area contributed by atoms with E-state index in [1.165, 1.54) is 16.7 Å².